The Labute approximate surface area is 241 Å². The molecular weight excluding hydrogens is 536 g/mol. The number of hydrogen-bond donors (Lipinski definition) is 2. The number of likely N-dealkylation sites (tertiary alicyclic amines) is 1. The van der Waals surface area contributed by atoms with Gasteiger partial charge in [-0.3, -0.25) is 9.59 Å². The number of rotatable bonds is 5. The first kappa shape index (κ1) is 30.0. The third-order valence-electron chi connectivity index (χ3n) is 8.61. The van der Waals surface area contributed by atoms with Crippen molar-refractivity contribution >= 4 is 40.6 Å². The van der Waals surface area contributed by atoms with Crippen molar-refractivity contribution in [2.75, 3.05) is 25.5 Å². The molecule has 212 valence electrons. The topological polar surface area (TPSA) is 61.4 Å². The van der Waals surface area contributed by atoms with Gasteiger partial charge in [-0.15, -0.1) is 0 Å². The fourth-order valence-corrected chi connectivity index (χ4v) is 7.24. The average Bonchev–Trinajstić information content (AvgIpc) is 3.31. The molecule has 2 aromatic carbocycles. The van der Waals surface area contributed by atoms with Crippen molar-refractivity contribution in [2.45, 2.75) is 77.3 Å². The van der Waals surface area contributed by atoms with Crippen LogP contribution in [0.25, 0.3) is 0 Å². The van der Waals surface area contributed by atoms with Crippen molar-refractivity contribution in [1.82, 2.24) is 10.2 Å². The molecule has 0 aromatic heterocycles. The molecule has 1 spiro atoms. The minimum absolute atomic E-state index is 0. The van der Waals surface area contributed by atoms with Crippen LogP contribution < -0.4 is 10.6 Å². The fourth-order valence-electron chi connectivity index (χ4n) is 6.88. The normalized spacial score (nSPS) is 27.4. The highest BCUT2D eigenvalue weighted by molar-refractivity contribution is 6.31. The zero-order valence-corrected chi connectivity index (χ0v) is 23.9. The number of carbonyl (C=O) groups excluding carboxylic acids is 2. The highest BCUT2D eigenvalue weighted by atomic mass is 35.5. The second-order valence-electron chi connectivity index (χ2n) is 12.5. The predicted octanol–water partition coefficient (Wildman–Crippen LogP) is 6.82. The van der Waals surface area contributed by atoms with Crippen LogP contribution in [0, 0.1) is 17.2 Å². The molecule has 0 unspecified atom stereocenters. The first-order chi connectivity index (χ1) is 17.9. The second-order valence-corrected chi connectivity index (χ2v) is 13.4. The van der Waals surface area contributed by atoms with Gasteiger partial charge in [0.15, 0.2) is 5.78 Å². The predicted molar refractivity (Wildman–Crippen MR) is 157 cm³/mol. The summed E-state index contributed by atoms with van der Waals surface area (Å²) in [4.78, 5) is 30.6. The third-order valence-corrected chi connectivity index (χ3v) is 9.14. The first-order valence-electron chi connectivity index (χ1n) is 13.4. The minimum Gasteiger partial charge on any atom is -0.325 e. The maximum Gasteiger partial charge on any atom is 0.237 e. The Morgan fingerprint density at radius 1 is 1.15 bits per heavy atom. The van der Waals surface area contributed by atoms with E-state index in [0.717, 1.165) is 31.5 Å². The molecule has 3 heterocycles. The van der Waals surface area contributed by atoms with E-state index in [9.17, 15) is 9.59 Å². The number of hydrogen-bond acceptors (Lipinski definition) is 4. The molecule has 3 aliphatic heterocycles. The summed E-state index contributed by atoms with van der Waals surface area (Å²) in [6, 6.07) is 9.08. The standard InChI is InChI=1S/C30H36Cl2FN3O2.CH4/c1-29(2,3)16-24-30(20-9-8-18(31)15-22(20)34-28(30)38)25(19-6-5-7-21(32)26(19)33)27(35-24)23(37)14-17-10-12-36(4)13-11-17;/h5-9,15,17,24-25,27,35H,10-14,16H2,1-4H3,(H,34,38);1H4/t24-,25+,27+,30+;/m1./s1. The highest BCUT2D eigenvalue weighted by Gasteiger charge is 2.66. The van der Waals surface area contributed by atoms with Gasteiger partial charge in [-0.05, 0) is 80.1 Å². The molecule has 2 fully saturated rings. The molecule has 0 radical (unpaired) electrons. The molecule has 39 heavy (non-hydrogen) atoms. The van der Waals surface area contributed by atoms with Crippen LogP contribution >= 0.6 is 23.2 Å². The summed E-state index contributed by atoms with van der Waals surface area (Å²) < 4.78 is 15.8. The van der Waals surface area contributed by atoms with Gasteiger partial charge in [0.25, 0.3) is 0 Å². The summed E-state index contributed by atoms with van der Waals surface area (Å²) in [6.07, 6.45) is 2.91. The number of nitrogens with one attached hydrogen (secondary N) is 2. The van der Waals surface area contributed by atoms with Gasteiger partial charge in [-0.25, -0.2) is 4.39 Å². The van der Waals surface area contributed by atoms with E-state index in [1.807, 2.05) is 6.07 Å². The maximum atomic E-state index is 15.8. The number of carbonyl (C=O) groups is 2. The van der Waals surface area contributed by atoms with Crippen molar-refractivity contribution in [3.8, 4) is 0 Å². The van der Waals surface area contributed by atoms with Crippen molar-refractivity contribution in [1.29, 1.82) is 0 Å². The number of Topliss-reactive ketones (excluding diaryl/α,β-unsaturated/α-hetero) is 1. The highest BCUT2D eigenvalue weighted by Crippen LogP contribution is 2.57. The van der Waals surface area contributed by atoms with Crippen molar-refractivity contribution in [3.05, 3.63) is 63.4 Å². The minimum atomic E-state index is -1.20. The van der Waals surface area contributed by atoms with Crippen molar-refractivity contribution in [2.24, 2.45) is 11.3 Å². The van der Waals surface area contributed by atoms with Crippen LogP contribution in [-0.4, -0.2) is 48.8 Å². The molecule has 1 amide bonds. The van der Waals surface area contributed by atoms with Crippen LogP contribution in [0.2, 0.25) is 10.0 Å². The van der Waals surface area contributed by atoms with Crippen LogP contribution in [-0.2, 0) is 15.0 Å². The Bertz CT molecular complexity index is 1250. The Morgan fingerprint density at radius 2 is 1.85 bits per heavy atom. The van der Waals surface area contributed by atoms with Crippen LogP contribution in [0.5, 0.6) is 0 Å². The van der Waals surface area contributed by atoms with E-state index < -0.39 is 29.2 Å². The molecular formula is C31H40Cl2FN3O2. The van der Waals surface area contributed by atoms with E-state index in [-0.39, 0.29) is 35.5 Å². The Kier molecular flexibility index (Phi) is 8.55. The number of fused-ring (bicyclic) bond motifs is 2. The van der Waals surface area contributed by atoms with E-state index in [1.54, 1.807) is 24.3 Å². The first-order valence-corrected chi connectivity index (χ1v) is 14.2. The molecule has 8 heteroatoms. The van der Waals surface area contributed by atoms with Crippen LogP contribution in [0.1, 0.15) is 70.9 Å². The Hall–Kier alpha value is -1.99. The molecule has 3 aliphatic rings. The lowest BCUT2D eigenvalue weighted by atomic mass is 9.62. The van der Waals surface area contributed by atoms with Gasteiger partial charge in [-0.2, -0.15) is 0 Å². The average molecular weight is 577 g/mol. The lowest BCUT2D eigenvalue weighted by Gasteiger charge is -2.38. The smallest absolute Gasteiger partial charge is 0.237 e. The van der Waals surface area contributed by atoms with E-state index in [1.165, 1.54) is 6.07 Å². The van der Waals surface area contributed by atoms with Crippen LogP contribution in [0.4, 0.5) is 10.1 Å². The van der Waals surface area contributed by atoms with Gasteiger partial charge >= 0.3 is 0 Å². The Balaban J connectivity index is 0.00000353. The van der Waals surface area contributed by atoms with E-state index in [4.69, 9.17) is 23.2 Å². The third kappa shape index (κ3) is 5.38. The number of nitrogens with zero attached hydrogens (tertiary/aromatic N) is 1. The van der Waals surface area contributed by atoms with Gasteiger partial charge < -0.3 is 15.5 Å². The molecule has 2 saturated heterocycles. The van der Waals surface area contributed by atoms with E-state index in [0.29, 0.717) is 29.1 Å². The zero-order valence-electron chi connectivity index (χ0n) is 22.4. The van der Waals surface area contributed by atoms with Crippen LogP contribution in [0.15, 0.2) is 36.4 Å². The number of anilines is 1. The number of amides is 1. The fraction of sp³-hybridized carbons (Fsp3) is 0.548. The molecule has 2 N–H and O–H groups in total. The monoisotopic (exact) mass is 575 g/mol. The van der Waals surface area contributed by atoms with Gasteiger partial charge in [0.1, 0.15) is 11.2 Å². The summed E-state index contributed by atoms with van der Waals surface area (Å²) in [7, 11) is 2.10. The van der Waals surface area contributed by atoms with E-state index in [2.05, 4.69) is 43.4 Å². The van der Waals surface area contributed by atoms with Crippen molar-refractivity contribution < 1.29 is 14.0 Å². The van der Waals surface area contributed by atoms with Crippen LogP contribution in [0.3, 0.4) is 0 Å². The van der Waals surface area contributed by atoms with Gasteiger partial charge in [0.05, 0.1) is 11.1 Å². The van der Waals surface area contributed by atoms with Gasteiger partial charge in [0, 0.05) is 29.1 Å². The van der Waals surface area contributed by atoms with Gasteiger partial charge in [-0.1, -0.05) is 69.6 Å². The quantitative estimate of drug-likeness (QED) is 0.410. The number of piperidine rings is 1. The molecule has 0 saturated carbocycles. The Morgan fingerprint density at radius 3 is 2.51 bits per heavy atom. The van der Waals surface area contributed by atoms with Crippen molar-refractivity contribution in [3.63, 3.8) is 0 Å². The molecule has 0 aliphatic carbocycles. The molecule has 0 bridgehead atoms. The lowest BCUT2D eigenvalue weighted by molar-refractivity contribution is -0.123. The summed E-state index contributed by atoms with van der Waals surface area (Å²) in [5, 5.41) is 7.11. The lowest BCUT2D eigenvalue weighted by Crippen LogP contribution is -2.49. The van der Waals surface area contributed by atoms with Gasteiger partial charge in [0.2, 0.25) is 5.91 Å². The number of halogens is 3. The largest absolute Gasteiger partial charge is 0.325 e. The molecule has 5 rings (SSSR count). The summed E-state index contributed by atoms with van der Waals surface area (Å²) in [5.41, 5.74) is 0.280. The zero-order chi connectivity index (χ0) is 27.4. The summed E-state index contributed by atoms with van der Waals surface area (Å²) in [6.45, 7) is 8.24. The number of benzene rings is 2. The molecule has 5 nitrogen and oxygen atoms in total. The SMILES string of the molecule is C.CN1CCC(CC(=O)[C@@H]2N[C@H](CC(C)(C)C)[C@]3(C(=O)Nc4cc(Cl)ccc43)[C@H]2c2cccc(Cl)c2F)CC1. The second kappa shape index (κ2) is 11.1. The molecule has 4 atom stereocenters. The molecule has 2 aromatic rings. The summed E-state index contributed by atoms with van der Waals surface area (Å²) >= 11 is 12.6. The summed E-state index contributed by atoms with van der Waals surface area (Å²) in [5.74, 6) is -1.30. The number of ketones is 1. The van der Waals surface area contributed by atoms with E-state index >= 15 is 4.39 Å². The maximum absolute atomic E-state index is 15.8.